The van der Waals surface area contributed by atoms with Gasteiger partial charge in [-0.15, -0.1) is 0 Å². The number of nitriles is 1. The van der Waals surface area contributed by atoms with Crippen LogP contribution in [0.25, 0.3) is 0 Å². The van der Waals surface area contributed by atoms with Crippen molar-refractivity contribution < 1.29 is 10.0 Å². The predicted octanol–water partition coefficient (Wildman–Crippen LogP) is 3.63. The van der Waals surface area contributed by atoms with Gasteiger partial charge in [-0.1, -0.05) is 31.2 Å². The Morgan fingerprint density at radius 2 is 1.96 bits per heavy atom. The lowest BCUT2D eigenvalue weighted by Gasteiger charge is -2.30. The van der Waals surface area contributed by atoms with Gasteiger partial charge >= 0.3 is 0 Å². The fraction of sp³-hybridized carbons (Fsp3) is 0.350. The predicted molar refractivity (Wildman–Crippen MR) is 99.4 cm³/mol. The standard InChI is InChI=1S/C20H23N3O3/c1-15(18-7-4-6-17(13-18)14-21)20(22,24)12-3-2-5-16-8-10-19(11-9-16)23(25)26/h4,6-11,13,15,24H,2-3,5,12,22H2,1H3. The molecule has 0 radical (unpaired) electrons. The van der Waals surface area contributed by atoms with Crippen molar-refractivity contribution in [2.24, 2.45) is 5.73 Å². The average molecular weight is 353 g/mol. The molecular formula is C20H23N3O3. The molecule has 0 aliphatic heterocycles. The minimum Gasteiger partial charge on any atom is -0.375 e. The zero-order chi connectivity index (χ0) is 19.2. The molecule has 0 aliphatic carbocycles. The van der Waals surface area contributed by atoms with E-state index in [4.69, 9.17) is 11.0 Å². The van der Waals surface area contributed by atoms with Crippen LogP contribution in [0.4, 0.5) is 5.69 Å². The van der Waals surface area contributed by atoms with Crippen molar-refractivity contribution in [3.8, 4) is 6.07 Å². The number of nitrogens with two attached hydrogens (primary N) is 1. The SMILES string of the molecule is CC(c1cccc(C#N)c1)C(N)(O)CCCCc1ccc([N+](=O)[O-])cc1. The summed E-state index contributed by atoms with van der Waals surface area (Å²) >= 11 is 0. The van der Waals surface area contributed by atoms with Crippen LogP contribution in [0.5, 0.6) is 0 Å². The normalized spacial score (nSPS) is 14.2. The largest absolute Gasteiger partial charge is 0.375 e. The van der Waals surface area contributed by atoms with Gasteiger partial charge in [-0.3, -0.25) is 10.1 Å². The second-order valence-corrected chi connectivity index (χ2v) is 6.58. The van der Waals surface area contributed by atoms with Crippen LogP contribution >= 0.6 is 0 Å². The second kappa shape index (κ2) is 8.56. The lowest BCUT2D eigenvalue weighted by atomic mass is 9.86. The highest BCUT2D eigenvalue weighted by Crippen LogP contribution is 2.29. The molecule has 6 heteroatoms. The van der Waals surface area contributed by atoms with Crippen LogP contribution < -0.4 is 5.73 Å². The second-order valence-electron chi connectivity index (χ2n) is 6.58. The third-order valence-electron chi connectivity index (χ3n) is 4.71. The lowest BCUT2D eigenvalue weighted by Crippen LogP contribution is -2.44. The van der Waals surface area contributed by atoms with E-state index >= 15 is 0 Å². The number of rotatable bonds is 8. The number of hydrogen-bond acceptors (Lipinski definition) is 5. The van der Waals surface area contributed by atoms with Crippen LogP contribution in [-0.4, -0.2) is 15.8 Å². The van der Waals surface area contributed by atoms with E-state index in [1.807, 2.05) is 13.0 Å². The Labute approximate surface area is 153 Å². The maximum absolute atomic E-state index is 10.7. The Hall–Kier alpha value is -2.75. The summed E-state index contributed by atoms with van der Waals surface area (Å²) in [4.78, 5) is 10.2. The van der Waals surface area contributed by atoms with Gasteiger partial charge in [-0.25, -0.2) is 0 Å². The summed E-state index contributed by atoms with van der Waals surface area (Å²) < 4.78 is 0. The summed E-state index contributed by atoms with van der Waals surface area (Å²) in [5.74, 6) is -0.296. The molecule has 0 saturated heterocycles. The lowest BCUT2D eigenvalue weighted by molar-refractivity contribution is -0.384. The van der Waals surface area contributed by atoms with Gasteiger partial charge in [0.2, 0.25) is 0 Å². The summed E-state index contributed by atoms with van der Waals surface area (Å²) in [6, 6.07) is 15.7. The molecule has 0 amide bonds. The van der Waals surface area contributed by atoms with Gasteiger partial charge in [0.1, 0.15) is 5.72 Å². The zero-order valence-electron chi connectivity index (χ0n) is 14.8. The Morgan fingerprint density at radius 3 is 2.58 bits per heavy atom. The van der Waals surface area contributed by atoms with E-state index in [1.165, 1.54) is 12.1 Å². The van der Waals surface area contributed by atoms with E-state index in [0.29, 0.717) is 12.0 Å². The van der Waals surface area contributed by atoms with Gasteiger partial charge in [0.15, 0.2) is 0 Å². The Bertz CT molecular complexity index is 795. The fourth-order valence-electron chi connectivity index (χ4n) is 2.90. The number of benzene rings is 2. The minimum absolute atomic E-state index is 0.0820. The number of hydrogen-bond donors (Lipinski definition) is 2. The van der Waals surface area contributed by atoms with E-state index in [0.717, 1.165) is 30.4 Å². The quantitative estimate of drug-likeness (QED) is 0.325. The van der Waals surface area contributed by atoms with Crippen molar-refractivity contribution in [3.63, 3.8) is 0 Å². The van der Waals surface area contributed by atoms with Crippen LogP contribution in [0.3, 0.4) is 0 Å². The first-order chi connectivity index (χ1) is 12.3. The molecule has 0 fully saturated rings. The molecule has 2 unspecified atom stereocenters. The first-order valence-corrected chi connectivity index (χ1v) is 8.58. The van der Waals surface area contributed by atoms with Crippen LogP contribution in [0.2, 0.25) is 0 Å². The van der Waals surface area contributed by atoms with E-state index in [-0.39, 0.29) is 11.6 Å². The third-order valence-corrected chi connectivity index (χ3v) is 4.71. The molecule has 0 aromatic heterocycles. The molecule has 6 nitrogen and oxygen atoms in total. The summed E-state index contributed by atoms with van der Waals surface area (Å²) in [7, 11) is 0. The number of aryl methyl sites for hydroxylation is 1. The van der Waals surface area contributed by atoms with E-state index in [1.54, 1.807) is 30.3 Å². The molecule has 3 N–H and O–H groups in total. The van der Waals surface area contributed by atoms with Crippen LogP contribution in [0.15, 0.2) is 48.5 Å². The van der Waals surface area contributed by atoms with Gasteiger partial charge in [-0.2, -0.15) is 5.26 Å². The van der Waals surface area contributed by atoms with Crippen molar-refractivity contribution in [3.05, 3.63) is 75.3 Å². The molecule has 0 bridgehead atoms. The molecule has 0 aliphatic rings. The van der Waals surface area contributed by atoms with E-state index < -0.39 is 10.6 Å². The summed E-state index contributed by atoms with van der Waals surface area (Å²) in [5.41, 5.74) is 7.24. The Kier molecular flexibility index (Phi) is 6.45. The number of aliphatic hydroxyl groups is 1. The third kappa shape index (κ3) is 5.12. The molecule has 0 spiro atoms. The molecule has 136 valence electrons. The molecule has 2 atom stereocenters. The van der Waals surface area contributed by atoms with Gasteiger partial charge < -0.3 is 10.8 Å². The van der Waals surface area contributed by atoms with Gasteiger partial charge in [0.25, 0.3) is 5.69 Å². The number of unbranched alkanes of at least 4 members (excludes halogenated alkanes) is 1. The van der Waals surface area contributed by atoms with E-state index in [2.05, 4.69) is 6.07 Å². The average Bonchev–Trinajstić information content (AvgIpc) is 2.65. The molecule has 2 aromatic carbocycles. The topological polar surface area (TPSA) is 113 Å². The molecule has 26 heavy (non-hydrogen) atoms. The van der Waals surface area contributed by atoms with Crippen molar-refractivity contribution in [1.29, 1.82) is 5.26 Å². The van der Waals surface area contributed by atoms with Crippen LogP contribution in [-0.2, 0) is 6.42 Å². The molecular weight excluding hydrogens is 330 g/mol. The van der Waals surface area contributed by atoms with Crippen molar-refractivity contribution >= 4 is 5.69 Å². The highest BCUT2D eigenvalue weighted by atomic mass is 16.6. The van der Waals surface area contributed by atoms with Crippen molar-refractivity contribution in [2.75, 3.05) is 0 Å². The van der Waals surface area contributed by atoms with Crippen LogP contribution in [0, 0.1) is 21.4 Å². The first-order valence-electron chi connectivity index (χ1n) is 8.58. The maximum atomic E-state index is 10.7. The number of non-ortho nitro benzene ring substituents is 1. The number of nitrogens with zero attached hydrogens (tertiary/aromatic N) is 2. The van der Waals surface area contributed by atoms with Crippen molar-refractivity contribution in [2.45, 2.75) is 44.2 Å². The van der Waals surface area contributed by atoms with Crippen LogP contribution in [0.1, 0.15) is 48.8 Å². The number of nitro benzene ring substituents is 1. The monoisotopic (exact) mass is 353 g/mol. The van der Waals surface area contributed by atoms with Gasteiger partial charge in [-0.05, 0) is 48.9 Å². The first kappa shape index (κ1) is 19.6. The van der Waals surface area contributed by atoms with E-state index in [9.17, 15) is 15.2 Å². The smallest absolute Gasteiger partial charge is 0.269 e. The van der Waals surface area contributed by atoms with Gasteiger partial charge in [0.05, 0.1) is 16.6 Å². The zero-order valence-corrected chi connectivity index (χ0v) is 14.8. The highest BCUT2D eigenvalue weighted by molar-refractivity contribution is 5.35. The molecule has 2 aromatic rings. The summed E-state index contributed by atoms with van der Waals surface area (Å²) in [6.45, 7) is 1.85. The maximum Gasteiger partial charge on any atom is 0.269 e. The molecule has 0 saturated carbocycles. The molecule has 2 rings (SSSR count). The summed E-state index contributed by atoms with van der Waals surface area (Å²) in [5, 5.41) is 30.3. The minimum atomic E-state index is -1.36. The summed E-state index contributed by atoms with van der Waals surface area (Å²) in [6.07, 6.45) is 2.75. The number of nitro groups is 1. The van der Waals surface area contributed by atoms with Gasteiger partial charge in [0, 0.05) is 18.1 Å². The van der Waals surface area contributed by atoms with Crippen molar-refractivity contribution in [1.82, 2.24) is 0 Å². The molecule has 0 heterocycles. The highest BCUT2D eigenvalue weighted by Gasteiger charge is 2.29. The fourth-order valence-corrected chi connectivity index (χ4v) is 2.90. The Morgan fingerprint density at radius 1 is 1.27 bits per heavy atom. The Balaban J connectivity index is 1.87.